The smallest absolute Gasteiger partial charge is 0.255 e. The summed E-state index contributed by atoms with van der Waals surface area (Å²) in [5, 5.41) is 2.63. The summed E-state index contributed by atoms with van der Waals surface area (Å²) >= 11 is 0. The first-order valence-electron chi connectivity index (χ1n) is 10.7. The highest BCUT2D eigenvalue weighted by Gasteiger charge is 2.25. The number of sulfone groups is 1. The number of ether oxygens (including phenoxy) is 1. The third-order valence-corrected chi connectivity index (χ3v) is 6.09. The predicted octanol–water partition coefficient (Wildman–Crippen LogP) is 1.29. The van der Waals surface area contributed by atoms with Gasteiger partial charge in [-0.1, -0.05) is 13.8 Å². The second kappa shape index (κ2) is 8.05. The molecule has 8 heteroatoms. The van der Waals surface area contributed by atoms with Crippen LogP contribution < -0.4 is 15.8 Å². The molecule has 0 aliphatic carbocycles. The summed E-state index contributed by atoms with van der Waals surface area (Å²) in [6.45, 7) is 5.26. The standard InChI is InChI=1S/C17H27N3O4S/c1-4-20-8-6-7-12(20)11-19-17(21)13-9-16(25(22,23)5-2)14(18)10-15(13)24-3/h9-10,12H,4-8,11,18H2,1-3H3,(H,19,21)/i3D3,9D,10D. The van der Waals surface area contributed by atoms with E-state index in [1.807, 2.05) is 6.92 Å². The van der Waals surface area contributed by atoms with Crippen molar-refractivity contribution in [1.29, 1.82) is 0 Å². The summed E-state index contributed by atoms with van der Waals surface area (Å²) in [5.41, 5.74) is 4.51. The van der Waals surface area contributed by atoms with Gasteiger partial charge in [0.2, 0.25) is 0 Å². The van der Waals surface area contributed by atoms with Gasteiger partial charge in [-0.25, -0.2) is 8.42 Å². The predicted molar refractivity (Wildman–Crippen MR) is 97.7 cm³/mol. The average molecular weight is 375 g/mol. The van der Waals surface area contributed by atoms with Crippen LogP contribution in [0.3, 0.4) is 0 Å². The minimum absolute atomic E-state index is 0.0724. The van der Waals surface area contributed by atoms with E-state index in [4.69, 9.17) is 17.3 Å². The lowest BCUT2D eigenvalue weighted by Crippen LogP contribution is -2.40. The molecule has 1 atom stereocenters. The number of hydrogen-bond donors (Lipinski definition) is 2. The number of rotatable bonds is 7. The number of carbonyl (C=O) groups excluding carboxylic acids is 1. The fourth-order valence-electron chi connectivity index (χ4n) is 2.95. The van der Waals surface area contributed by atoms with Crippen LogP contribution in [0.25, 0.3) is 0 Å². The molecule has 0 spiro atoms. The van der Waals surface area contributed by atoms with E-state index in [9.17, 15) is 13.2 Å². The van der Waals surface area contributed by atoms with E-state index in [0.29, 0.717) is 0 Å². The summed E-state index contributed by atoms with van der Waals surface area (Å²) < 4.78 is 68.1. The van der Waals surface area contributed by atoms with Crippen LogP contribution in [0.4, 0.5) is 5.69 Å². The Labute approximate surface area is 156 Å². The Hall–Kier alpha value is -1.80. The molecule has 1 heterocycles. The number of nitrogens with one attached hydrogen (secondary N) is 1. The van der Waals surface area contributed by atoms with Gasteiger partial charge >= 0.3 is 0 Å². The van der Waals surface area contributed by atoms with E-state index >= 15 is 0 Å². The number of methoxy groups -OCH3 is 1. The average Bonchev–Trinajstić information content (AvgIpc) is 3.10. The summed E-state index contributed by atoms with van der Waals surface area (Å²) in [4.78, 5) is 14.4. The van der Waals surface area contributed by atoms with Gasteiger partial charge in [0, 0.05) is 18.6 Å². The van der Waals surface area contributed by atoms with Crippen molar-refractivity contribution in [2.45, 2.75) is 37.6 Å². The quantitative estimate of drug-likeness (QED) is 0.697. The number of nitrogens with two attached hydrogens (primary N) is 1. The van der Waals surface area contributed by atoms with Crippen LogP contribution in [-0.2, 0) is 9.84 Å². The first kappa shape index (κ1) is 13.4. The molecule has 2 rings (SSSR count). The molecule has 0 radical (unpaired) electrons. The first-order chi connectivity index (χ1) is 13.8. The Kier molecular flexibility index (Phi) is 4.32. The Morgan fingerprint density at radius 2 is 2.28 bits per heavy atom. The molecular formula is C17H27N3O4S. The number of likely N-dealkylation sites (N-methyl/N-ethyl adjacent to an activating group) is 1. The lowest BCUT2D eigenvalue weighted by Gasteiger charge is -2.23. The highest BCUT2D eigenvalue weighted by molar-refractivity contribution is 7.91. The zero-order chi connectivity index (χ0) is 22.9. The van der Waals surface area contributed by atoms with Crippen LogP contribution in [0.1, 0.15) is 43.9 Å². The van der Waals surface area contributed by atoms with Crippen LogP contribution in [-0.4, -0.2) is 57.7 Å². The Bertz CT molecular complexity index is 921. The number of nitrogens with zero attached hydrogens (tertiary/aromatic N) is 1. The minimum atomic E-state index is -4.06. The molecule has 0 aromatic heterocycles. The van der Waals surface area contributed by atoms with Crippen molar-refractivity contribution in [1.82, 2.24) is 10.2 Å². The maximum Gasteiger partial charge on any atom is 0.255 e. The monoisotopic (exact) mass is 374 g/mol. The summed E-state index contributed by atoms with van der Waals surface area (Å²) in [6.07, 6.45) is 1.84. The van der Waals surface area contributed by atoms with Crippen molar-refractivity contribution >= 4 is 21.4 Å². The fourth-order valence-corrected chi connectivity index (χ4v) is 3.88. The Balaban J connectivity index is 2.55. The summed E-state index contributed by atoms with van der Waals surface area (Å²) in [7, 11) is -7.09. The molecule has 25 heavy (non-hydrogen) atoms. The lowest BCUT2D eigenvalue weighted by molar-refractivity contribution is 0.0938. The molecule has 0 bridgehead atoms. The van der Waals surface area contributed by atoms with E-state index in [1.54, 1.807) is 0 Å². The molecule has 7 nitrogen and oxygen atoms in total. The third kappa shape index (κ3) is 4.24. The maximum atomic E-state index is 12.9. The third-order valence-electron chi connectivity index (χ3n) is 4.38. The number of carbonyl (C=O) groups is 1. The zero-order valence-corrected chi connectivity index (χ0v) is 15.2. The van der Waals surface area contributed by atoms with Crippen molar-refractivity contribution in [2.75, 3.05) is 38.2 Å². The van der Waals surface area contributed by atoms with Gasteiger partial charge in [-0.3, -0.25) is 9.69 Å². The van der Waals surface area contributed by atoms with Crippen molar-refractivity contribution < 1.29 is 24.8 Å². The van der Waals surface area contributed by atoms with Crippen molar-refractivity contribution in [3.8, 4) is 5.75 Å². The van der Waals surface area contributed by atoms with Crippen LogP contribution >= 0.6 is 0 Å². The molecule has 140 valence electrons. The van der Waals surface area contributed by atoms with Gasteiger partial charge in [0.1, 0.15) is 5.75 Å². The van der Waals surface area contributed by atoms with Crippen LogP contribution in [0, 0.1) is 0 Å². The molecular weight excluding hydrogens is 342 g/mol. The van der Waals surface area contributed by atoms with E-state index < -0.39 is 62.5 Å². The largest absolute Gasteiger partial charge is 0.496 e. The highest BCUT2D eigenvalue weighted by Crippen LogP contribution is 2.29. The number of amides is 1. The first-order valence-corrected chi connectivity index (χ1v) is 9.85. The van der Waals surface area contributed by atoms with Gasteiger partial charge < -0.3 is 15.8 Å². The van der Waals surface area contributed by atoms with Gasteiger partial charge in [-0.15, -0.1) is 0 Å². The number of nitrogen functional groups attached to an aromatic ring is 1. The Morgan fingerprint density at radius 1 is 1.52 bits per heavy atom. The minimum Gasteiger partial charge on any atom is -0.496 e. The second-order valence-electron chi connectivity index (χ2n) is 5.84. The molecule has 1 aromatic rings. The molecule has 1 aliphatic rings. The van der Waals surface area contributed by atoms with Gasteiger partial charge in [0.05, 0.1) is 35.8 Å². The van der Waals surface area contributed by atoms with Crippen molar-refractivity contribution in [3.05, 3.63) is 17.6 Å². The lowest BCUT2D eigenvalue weighted by atomic mass is 10.1. The van der Waals surface area contributed by atoms with Crippen LogP contribution in [0.5, 0.6) is 5.75 Å². The normalized spacial score (nSPS) is 21.7. The Morgan fingerprint density at radius 3 is 2.92 bits per heavy atom. The van der Waals surface area contributed by atoms with E-state index in [-0.39, 0.29) is 12.6 Å². The molecule has 1 aliphatic heterocycles. The maximum absolute atomic E-state index is 12.9. The van der Waals surface area contributed by atoms with Gasteiger partial charge in [0.15, 0.2) is 9.84 Å². The van der Waals surface area contributed by atoms with Gasteiger partial charge in [-0.05, 0) is 32.0 Å². The second-order valence-corrected chi connectivity index (χ2v) is 8.05. The molecule has 1 fully saturated rings. The summed E-state index contributed by atoms with van der Waals surface area (Å²) in [5.74, 6) is -2.02. The van der Waals surface area contributed by atoms with Crippen LogP contribution in [0.15, 0.2) is 17.0 Å². The van der Waals surface area contributed by atoms with E-state index in [2.05, 4.69) is 10.2 Å². The molecule has 1 aromatic carbocycles. The van der Waals surface area contributed by atoms with Crippen LogP contribution in [0.2, 0.25) is 0 Å². The van der Waals surface area contributed by atoms with Crippen molar-refractivity contribution in [2.24, 2.45) is 0 Å². The molecule has 3 N–H and O–H groups in total. The molecule has 1 saturated heterocycles. The highest BCUT2D eigenvalue weighted by atomic mass is 32.2. The molecule has 1 unspecified atom stereocenters. The number of likely N-dealkylation sites (tertiary alicyclic amines) is 1. The van der Waals surface area contributed by atoms with E-state index in [0.717, 1.165) is 25.9 Å². The summed E-state index contributed by atoms with van der Waals surface area (Å²) in [6, 6.07) is -1.46. The van der Waals surface area contributed by atoms with Gasteiger partial charge in [-0.2, -0.15) is 0 Å². The van der Waals surface area contributed by atoms with E-state index in [1.165, 1.54) is 6.92 Å². The fraction of sp³-hybridized carbons (Fsp3) is 0.588. The zero-order valence-electron chi connectivity index (χ0n) is 19.4. The molecule has 0 saturated carbocycles. The molecule has 1 amide bonds. The number of anilines is 1. The number of benzene rings is 1. The topological polar surface area (TPSA) is 102 Å². The number of hydrogen-bond acceptors (Lipinski definition) is 6. The van der Waals surface area contributed by atoms with Crippen molar-refractivity contribution in [3.63, 3.8) is 0 Å². The van der Waals surface area contributed by atoms with Gasteiger partial charge in [0.25, 0.3) is 5.91 Å². The SMILES string of the molecule is [2H]c1c(N)c(S(=O)(=O)CC)c([2H])c(C(=O)NCC2CCCN2CC)c1OC([2H])([2H])[2H].